The van der Waals surface area contributed by atoms with E-state index in [0.717, 1.165) is 25.2 Å². The molecule has 2 N–H and O–H groups in total. The van der Waals surface area contributed by atoms with Crippen molar-refractivity contribution in [2.45, 2.75) is 31.9 Å². The van der Waals surface area contributed by atoms with Gasteiger partial charge in [0.1, 0.15) is 0 Å². The van der Waals surface area contributed by atoms with Crippen LogP contribution in [0.25, 0.3) is 0 Å². The van der Waals surface area contributed by atoms with E-state index in [-0.39, 0.29) is 11.7 Å². The lowest BCUT2D eigenvalue weighted by molar-refractivity contribution is 0.121. The first kappa shape index (κ1) is 14.0. The van der Waals surface area contributed by atoms with Gasteiger partial charge in [0.15, 0.2) is 0 Å². The smallest absolute Gasteiger partial charge is 0.269 e. The SMILES string of the molecule is COC1CCN(c2cnn(C(C)(C)CN)c(=O)c2)C1. The fourth-order valence-corrected chi connectivity index (χ4v) is 2.27. The van der Waals surface area contributed by atoms with Gasteiger partial charge in [-0.05, 0) is 20.3 Å². The summed E-state index contributed by atoms with van der Waals surface area (Å²) < 4.78 is 6.77. The molecule has 0 amide bonds. The lowest BCUT2D eigenvalue weighted by Crippen LogP contribution is -2.43. The van der Waals surface area contributed by atoms with Crippen LogP contribution in [0.3, 0.4) is 0 Å². The lowest BCUT2D eigenvalue weighted by Gasteiger charge is -2.25. The fraction of sp³-hybridized carbons (Fsp3) is 0.692. The van der Waals surface area contributed by atoms with Crippen molar-refractivity contribution in [1.29, 1.82) is 0 Å². The van der Waals surface area contributed by atoms with Crippen LogP contribution in [0.1, 0.15) is 20.3 Å². The number of nitrogens with zero attached hydrogens (tertiary/aromatic N) is 3. The Morgan fingerprint density at radius 2 is 2.32 bits per heavy atom. The predicted molar refractivity (Wildman–Crippen MR) is 74.5 cm³/mol. The standard InChI is InChI=1S/C13H22N4O2/c1-13(2,9-14)17-12(18)6-10(7-15-17)16-5-4-11(8-16)19-3/h6-7,11H,4-5,8-9,14H2,1-3H3. The highest BCUT2D eigenvalue weighted by molar-refractivity contribution is 5.44. The van der Waals surface area contributed by atoms with E-state index in [1.165, 1.54) is 4.68 Å². The van der Waals surface area contributed by atoms with Crippen molar-refractivity contribution < 1.29 is 4.74 Å². The number of hydrogen-bond acceptors (Lipinski definition) is 5. The number of methoxy groups -OCH3 is 1. The first-order valence-corrected chi connectivity index (χ1v) is 6.55. The maximum Gasteiger partial charge on any atom is 0.269 e. The average Bonchev–Trinajstić information content (AvgIpc) is 2.87. The van der Waals surface area contributed by atoms with E-state index in [1.54, 1.807) is 19.4 Å². The largest absolute Gasteiger partial charge is 0.380 e. The van der Waals surface area contributed by atoms with Gasteiger partial charge in [0.2, 0.25) is 0 Å². The van der Waals surface area contributed by atoms with Crippen molar-refractivity contribution in [1.82, 2.24) is 9.78 Å². The van der Waals surface area contributed by atoms with Gasteiger partial charge in [0.25, 0.3) is 5.56 Å². The average molecular weight is 266 g/mol. The molecule has 1 atom stereocenters. The summed E-state index contributed by atoms with van der Waals surface area (Å²) in [7, 11) is 1.72. The maximum atomic E-state index is 12.1. The second kappa shape index (κ2) is 5.30. The molecule has 0 aromatic carbocycles. The Hall–Kier alpha value is -1.40. The summed E-state index contributed by atoms with van der Waals surface area (Å²) in [4.78, 5) is 14.3. The third kappa shape index (κ3) is 2.79. The fourth-order valence-electron chi connectivity index (χ4n) is 2.27. The quantitative estimate of drug-likeness (QED) is 0.840. The molecule has 0 spiro atoms. The molecule has 1 aromatic heterocycles. The highest BCUT2D eigenvalue weighted by atomic mass is 16.5. The van der Waals surface area contributed by atoms with Crippen LogP contribution >= 0.6 is 0 Å². The van der Waals surface area contributed by atoms with Gasteiger partial charge >= 0.3 is 0 Å². The predicted octanol–water partition coefficient (Wildman–Crippen LogP) is 0.162. The minimum Gasteiger partial charge on any atom is -0.380 e. The number of hydrogen-bond donors (Lipinski definition) is 1. The number of ether oxygens (including phenoxy) is 1. The van der Waals surface area contributed by atoms with Crippen LogP contribution in [-0.2, 0) is 10.3 Å². The molecule has 1 fully saturated rings. The zero-order chi connectivity index (χ0) is 14.0. The van der Waals surface area contributed by atoms with Gasteiger partial charge in [-0.25, -0.2) is 4.68 Å². The van der Waals surface area contributed by atoms with Crippen LogP contribution in [0.4, 0.5) is 5.69 Å². The Morgan fingerprint density at radius 3 is 2.84 bits per heavy atom. The van der Waals surface area contributed by atoms with Crippen molar-refractivity contribution in [3.63, 3.8) is 0 Å². The third-order valence-electron chi connectivity index (χ3n) is 3.70. The van der Waals surface area contributed by atoms with Crippen molar-refractivity contribution in [2.24, 2.45) is 5.73 Å². The van der Waals surface area contributed by atoms with Crippen LogP contribution in [0.15, 0.2) is 17.1 Å². The normalized spacial score (nSPS) is 20.0. The highest BCUT2D eigenvalue weighted by Gasteiger charge is 2.25. The molecule has 0 radical (unpaired) electrons. The molecule has 2 heterocycles. The zero-order valence-corrected chi connectivity index (χ0v) is 11.8. The molecule has 19 heavy (non-hydrogen) atoms. The molecule has 1 aromatic rings. The molecule has 1 aliphatic heterocycles. The Bertz CT molecular complexity index is 498. The van der Waals surface area contributed by atoms with Crippen LogP contribution in [0.2, 0.25) is 0 Å². The molecule has 1 unspecified atom stereocenters. The summed E-state index contributed by atoms with van der Waals surface area (Å²) >= 11 is 0. The molecule has 6 heteroatoms. The van der Waals surface area contributed by atoms with E-state index in [2.05, 4.69) is 10.00 Å². The number of rotatable bonds is 4. The maximum absolute atomic E-state index is 12.1. The van der Waals surface area contributed by atoms with Crippen LogP contribution in [0, 0.1) is 0 Å². The van der Waals surface area contributed by atoms with E-state index in [9.17, 15) is 4.79 Å². The van der Waals surface area contributed by atoms with E-state index in [4.69, 9.17) is 10.5 Å². The topological polar surface area (TPSA) is 73.4 Å². The molecular formula is C13H22N4O2. The van der Waals surface area contributed by atoms with E-state index >= 15 is 0 Å². The van der Waals surface area contributed by atoms with E-state index < -0.39 is 5.54 Å². The van der Waals surface area contributed by atoms with Gasteiger partial charge in [-0.15, -0.1) is 0 Å². The Kier molecular flexibility index (Phi) is 3.91. The van der Waals surface area contributed by atoms with Gasteiger partial charge < -0.3 is 15.4 Å². The highest BCUT2D eigenvalue weighted by Crippen LogP contribution is 2.20. The van der Waals surface area contributed by atoms with Crippen molar-refractivity contribution in [3.05, 3.63) is 22.6 Å². The molecule has 0 saturated carbocycles. The summed E-state index contributed by atoms with van der Waals surface area (Å²) in [5.41, 5.74) is 5.95. The van der Waals surface area contributed by atoms with E-state index in [0.29, 0.717) is 6.54 Å². The Balaban J connectivity index is 2.23. The first-order chi connectivity index (χ1) is 8.97. The van der Waals surface area contributed by atoms with Gasteiger partial charge in [-0.3, -0.25) is 4.79 Å². The number of anilines is 1. The molecular weight excluding hydrogens is 244 g/mol. The second-order valence-electron chi connectivity index (χ2n) is 5.57. The number of nitrogens with two attached hydrogens (primary N) is 1. The molecule has 0 aliphatic carbocycles. The monoisotopic (exact) mass is 266 g/mol. The summed E-state index contributed by atoms with van der Waals surface area (Å²) in [6.45, 7) is 5.87. The molecule has 0 bridgehead atoms. The molecule has 1 saturated heterocycles. The molecule has 2 rings (SSSR count). The van der Waals surface area contributed by atoms with Crippen LogP contribution in [-0.4, -0.2) is 42.6 Å². The van der Waals surface area contributed by atoms with Crippen molar-refractivity contribution >= 4 is 5.69 Å². The molecule has 1 aliphatic rings. The summed E-state index contributed by atoms with van der Waals surface area (Å²) in [6, 6.07) is 1.63. The lowest BCUT2D eigenvalue weighted by atomic mass is 10.1. The van der Waals surface area contributed by atoms with Gasteiger partial charge in [0.05, 0.1) is 23.5 Å². The zero-order valence-electron chi connectivity index (χ0n) is 11.8. The van der Waals surface area contributed by atoms with Crippen LogP contribution < -0.4 is 16.2 Å². The van der Waals surface area contributed by atoms with Crippen LogP contribution in [0.5, 0.6) is 0 Å². The second-order valence-corrected chi connectivity index (χ2v) is 5.57. The third-order valence-corrected chi connectivity index (χ3v) is 3.70. The summed E-state index contributed by atoms with van der Waals surface area (Å²) in [5, 5.41) is 4.26. The summed E-state index contributed by atoms with van der Waals surface area (Å²) in [5.74, 6) is 0. The Morgan fingerprint density at radius 1 is 1.58 bits per heavy atom. The number of aromatic nitrogens is 2. The molecule has 106 valence electrons. The molecule has 6 nitrogen and oxygen atoms in total. The van der Waals surface area contributed by atoms with Gasteiger partial charge in [-0.2, -0.15) is 5.10 Å². The van der Waals surface area contributed by atoms with Crippen molar-refractivity contribution in [2.75, 3.05) is 31.6 Å². The Labute approximate surface area is 113 Å². The van der Waals surface area contributed by atoms with Gasteiger partial charge in [0, 0.05) is 32.8 Å². The summed E-state index contributed by atoms with van der Waals surface area (Å²) in [6.07, 6.45) is 2.95. The van der Waals surface area contributed by atoms with Gasteiger partial charge in [-0.1, -0.05) is 0 Å². The van der Waals surface area contributed by atoms with E-state index in [1.807, 2.05) is 13.8 Å². The minimum absolute atomic E-state index is 0.117. The first-order valence-electron chi connectivity index (χ1n) is 6.55. The minimum atomic E-state index is -0.463. The van der Waals surface area contributed by atoms with Crippen molar-refractivity contribution in [3.8, 4) is 0 Å².